The van der Waals surface area contributed by atoms with Crippen LogP contribution in [0.5, 0.6) is 5.75 Å². The van der Waals surface area contributed by atoms with Gasteiger partial charge < -0.3 is 14.5 Å². The molecule has 1 N–H and O–H groups in total. The van der Waals surface area contributed by atoms with Crippen molar-refractivity contribution in [3.8, 4) is 17.2 Å². The highest BCUT2D eigenvalue weighted by atomic mass is 35.5. The average molecular weight is 452 g/mol. The standard InChI is InChI=1S/C19H13ClF3N5O3/c1-9-6-11(14(30-2)7-10(9)20)24-17(29)16-26-18-25-12(13-4-3-5-31-13)8-15(19(21,22)23)28(18)27-16/h3-8H,1-2H3,(H,24,29). The van der Waals surface area contributed by atoms with Crippen LogP contribution in [0.2, 0.25) is 5.02 Å². The molecule has 4 aromatic rings. The summed E-state index contributed by atoms with van der Waals surface area (Å²) in [7, 11) is 1.38. The fraction of sp³-hybridized carbons (Fsp3) is 0.158. The molecule has 0 radical (unpaired) electrons. The van der Waals surface area contributed by atoms with Crippen LogP contribution in [0.4, 0.5) is 18.9 Å². The number of alkyl halides is 3. The Bertz CT molecular complexity index is 1290. The topological polar surface area (TPSA) is 94.5 Å². The van der Waals surface area contributed by atoms with Gasteiger partial charge in [-0.3, -0.25) is 4.79 Å². The number of fused-ring (bicyclic) bond motifs is 1. The lowest BCUT2D eigenvalue weighted by atomic mass is 10.2. The van der Waals surface area contributed by atoms with Gasteiger partial charge in [0.15, 0.2) is 11.5 Å². The highest BCUT2D eigenvalue weighted by Crippen LogP contribution is 2.33. The minimum atomic E-state index is -4.78. The van der Waals surface area contributed by atoms with Crippen LogP contribution in [0.1, 0.15) is 21.9 Å². The quantitative estimate of drug-likeness (QED) is 0.486. The Morgan fingerprint density at radius 1 is 1.26 bits per heavy atom. The van der Waals surface area contributed by atoms with Gasteiger partial charge in [-0.25, -0.2) is 4.98 Å². The van der Waals surface area contributed by atoms with Crippen LogP contribution in [0.3, 0.4) is 0 Å². The molecule has 0 atom stereocenters. The van der Waals surface area contributed by atoms with Gasteiger partial charge >= 0.3 is 6.18 Å². The van der Waals surface area contributed by atoms with Gasteiger partial charge in [-0.1, -0.05) is 11.6 Å². The van der Waals surface area contributed by atoms with Gasteiger partial charge in [-0.05, 0) is 36.8 Å². The summed E-state index contributed by atoms with van der Waals surface area (Å²) in [6.07, 6.45) is -3.47. The van der Waals surface area contributed by atoms with Gasteiger partial charge in [0.1, 0.15) is 11.4 Å². The van der Waals surface area contributed by atoms with Crippen molar-refractivity contribution in [2.75, 3.05) is 12.4 Å². The number of hydrogen-bond acceptors (Lipinski definition) is 6. The zero-order valence-corrected chi connectivity index (χ0v) is 16.7. The Morgan fingerprint density at radius 3 is 2.68 bits per heavy atom. The van der Waals surface area contributed by atoms with Crippen molar-refractivity contribution in [1.29, 1.82) is 0 Å². The lowest BCUT2D eigenvalue weighted by Crippen LogP contribution is -2.16. The number of carbonyl (C=O) groups is 1. The first kappa shape index (κ1) is 20.7. The molecule has 12 heteroatoms. The molecule has 1 amide bonds. The van der Waals surface area contributed by atoms with Crippen molar-refractivity contribution in [2.45, 2.75) is 13.1 Å². The van der Waals surface area contributed by atoms with Crippen LogP contribution >= 0.6 is 11.6 Å². The number of rotatable bonds is 4. The maximum Gasteiger partial charge on any atom is 0.433 e. The molecule has 0 aliphatic heterocycles. The largest absolute Gasteiger partial charge is 0.495 e. The van der Waals surface area contributed by atoms with Crippen molar-refractivity contribution in [3.63, 3.8) is 0 Å². The van der Waals surface area contributed by atoms with E-state index in [4.69, 9.17) is 20.8 Å². The number of nitrogens with zero attached hydrogens (tertiary/aromatic N) is 4. The second kappa shape index (κ2) is 7.58. The van der Waals surface area contributed by atoms with Gasteiger partial charge in [0, 0.05) is 11.1 Å². The molecule has 8 nitrogen and oxygen atoms in total. The zero-order valence-electron chi connectivity index (χ0n) is 16.0. The Balaban J connectivity index is 1.77. The van der Waals surface area contributed by atoms with E-state index in [9.17, 15) is 18.0 Å². The molecule has 0 aliphatic rings. The number of hydrogen-bond donors (Lipinski definition) is 1. The normalized spacial score (nSPS) is 11.7. The van der Waals surface area contributed by atoms with E-state index in [1.54, 1.807) is 13.0 Å². The van der Waals surface area contributed by atoms with E-state index in [0.29, 0.717) is 15.1 Å². The van der Waals surface area contributed by atoms with Gasteiger partial charge in [-0.15, -0.1) is 5.10 Å². The summed E-state index contributed by atoms with van der Waals surface area (Å²) in [5.74, 6) is -1.39. The number of methoxy groups -OCH3 is 1. The molecule has 1 aromatic carbocycles. The third-order valence-electron chi connectivity index (χ3n) is 4.31. The molecule has 3 heterocycles. The van der Waals surface area contributed by atoms with Crippen LogP contribution in [0, 0.1) is 6.92 Å². The van der Waals surface area contributed by atoms with Crippen molar-refractivity contribution in [1.82, 2.24) is 19.6 Å². The molecule has 0 unspecified atom stereocenters. The number of nitrogens with one attached hydrogen (secondary N) is 1. The molecule has 0 saturated carbocycles. The fourth-order valence-electron chi connectivity index (χ4n) is 2.83. The van der Waals surface area contributed by atoms with Crippen LogP contribution < -0.4 is 10.1 Å². The Morgan fingerprint density at radius 2 is 2.03 bits per heavy atom. The van der Waals surface area contributed by atoms with Crippen molar-refractivity contribution < 1.29 is 27.1 Å². The molecule has 31 heavy (non-hydrogen) atoms. The van der Waals surface area contributed by atoms with E-state index >= 15 is 0 Å². The van der Waals surface area contributed by atoms with E-state index in [1.807, 2.05) is 0 Å². The molecule has 0 aliphatic carbocycles. The summed E-state index contributed by atoms with van der Waals surface area (Å²) in [6, 6.07) is 6.80. The molecular formula is C19H13ClF3N5O3. The van der Waals surface area contributed by atoms with Crippen molar-refractivity contribution in [3.05, 3.63) is 58.7 Å². The summed E-state index contributed by atoms with van der Waals surface area (Å²) in [4.78, 5) is 20.6. The maximum absolute atomic E-state index is 13.6. The molecule has 160 valence electrons. The van der Waals surface area contributed by atoms with E-state index in [2.05, 4.69) is 20.4 Å². The number of aryl methyl sites for hydroxylation is 1. The van der Waals surface area contributed by atoms with Gasteiger partial charge in [0.2, 0.25) is 5.82 Å². The number of benzene rings is 1. The lowest BCUT2D eigenvalue weighted by molar-refractivity contribution is -0.142. The van der Waals surface area contributed by atoms with Crippen molar-refractivity contribution >= 4 is 29.0 Å². The first-order valence-corrected chi connectivity index (χ1v) is 9.09. The molecule has 0 spiro atoms. The van der Waals surface area contributed by atoms with Crippen molar-refractivity contribution in [2.24, 2.45) is 0 Å². The van der Waals surface area contributed by atoms with E-state index in [0.717, 1.165) is 6.07 Å². The minimum Gasteiger partial charge on any atom is -0.495 e. The summed E-state index contributed by atoms with van der Waals surface area (Å²) in [6.45, 7) is 1.72. The second-order valence-electron chi connectivity index (χ2n) is 6.40. The maximum atomic E-state index is 13.6. The number of amides is 1. The minimum absolute atomic E-state index is 0.0980. The summed E-state index contributed by atoms with van der Waals surface area (Å²) in [5, 5.41) is 6.65. The van der Waals surface area contributed by atoms with Crippen LogP contribution in [-0.4, -0.2) is 32.6 Å². The monoisotopic (exact) mass is 451 g/mol. The molecule has 4 rings (SSSR count). The Kier molecular flexibility index (Phi) is 5.05. The number of halogens is 4. The predicted molar refractivity (Wildman–Crippen MR) is 104 cm³/mol. The summed E-state index contributed by atoms with van der Waals surface area (Å²) < 4.78 is 51.6. The number of aromatic nitrogens is 4. The van der Waals surface area contributed by atoms with Crippen LogP contribution in [-0.2, 0) is 6.18 Å². The van der Waals surface area contributed by atoms with Gasteiger partial charge in [0.25, 0.3) is 11.7 Å². The average Bonchev–Trinajstić information content (AvgIpc) is 3.38. The zero-order chi connectivity index (χ0) is 22.3. The van der Waals surface area contributed by atoms with Gasteiger partial charge in [0.05, 0.1) is 19.1 Å². The first-order chi connectivity index (χ1) is 14.7. The van der Waals surface area contributed by atoms with E-state index in [1.165, 1.54) is 31.6 Å². The number of carbonyl (C=O) groups excluding carboxylic acids is 1. The highest BCUT2D eigenvalue weighted by molar-refractivity contribution is 6.31. The molecule has 0 bridgehead atoms. The molecular weight excluding hydrogens is 439 g/mol. The summed E-state index contributed by atoms with van der Waals surface area (Å²) in [5.41, 5.74) is -0.340. The van der Waals surface area contributed by atoms with Gasteiger partial charge in [-0.2, -0.15) is 22.7 Å². The predicted octanol–water partition coefficient (Wildman–Crippen LogP) is 4.63. The number of ether oxygens (including phenoxy) is 1. The lowest BCUT2D eigenvalue weighted by Gasteiger charge is -2.11. The summed E-state index contributed by atoms with van der Waals surface area (Å²) >= 11 is 6.05. The molecule has 0 fully saturated rings. The Hall–Kier alpha value is -3.60. The number of anilines is 1. The third-order valence-corrected chi connectivity index (χ3v) is 4.72. The number of furan rings is 1. The second-order valence-corrected chi connectivity index (χ2v) is 6.81. The Labute approximate surface area is 177 Å². The molecule has 0 saturated heterocycles. The fourth-order valence-corrected chi connectivity index (χ4v) is 2.98. The highest BCUT2D eigenvalue weighted by Gasteiger charge is 2.36. The van der Waals surface area contributed by atoms with E-state index < -0.39 is 29.4 Å². The van der Waals surface area contributed by atoms with E-state index in [-0.39, 0.29) is 22.9 Å². The SMILES string of the molecule is COc1cc(Cl)c(C)cc1NC(=O)c1nc2nc(-c3ccco3)cc(C(F)(F)F)n2n1. The smallest absolute Gasteiger partial charge is 0.433 e. The third kappa shape index (κ3) is 3.91. The molecule has 3 aromatic heterocycles. The first-order valence-electron chi connectivity index (χ1n) is 8.71. The van der Waals surface area contributed by atoms with Crippen LogP contribution in [0.15, 0.2) is 41.0 Å². The van der Waals surface area contributed by atoms with Crippen LogP contribution in [0.25, 0.3) is 17.2 Å².